The number of carbonyl (C=O) groups excluding carboxylic acids is 2. The number of esters is 1. The zero-order valence-corrected chi connectivity index (χ0v) is 26.3. The minimum Gasteiger partial charge on any atom is -0.458 e. The van der Waals surface area contributed by atoms with Crippen LogP contribution in [0, 0.1) is 17.8 Å². The molecule has 0 bridgehead atoms. The lowest BCUT2D eigenvalue weighted by atomic mass is 9.84. The maximum absolute atomic E-state index is 13.0. The molecule has 3 heterocycles. The normalized spacial score (nSPS) is 26.7. The summed E-state index contributed by atoms with van der Waals surface area (Å²) in [5.74, 6) is -0.911. The van der Waals surface area contributed by atoms with Gasteiger partial charge in [0.15, 0.2) is 0 Å². The van der Waals surface area contributed by atoms with Crippen molar-refractivity contribution in [2.24, 2.45) is 22.9 Å². The van der Waals surface area contributed by atoms with Gasteiger partial charge in [0, 0.05) is 37.2 Å². The number of carbonyl (C=O) groups is 2. The number of oxime groups is 1. The number of aromatic nitrogens is 3. The minimum atomic E-state index is -0.825. The largest absolute Gasteiger partial charge is 0.458 e. The number of nitrogens with zero attached hydrogens (tertiary/aromatic N) is 4. The number of hydrogen-bond acceptors (Lipinski definition) is 9. The van der Waals surface area contributed by atoms with Gasteiger partial charge in [-0.3, -0.25) is 9.78 Å². The highest BCUT2D eigenvalue weighted by molar-refractivity contribution is 5.84. The molecule has 0 aliphatic carbocycles. The maximum Gasteiger partial charge on any atom is 0.407 e. The van der Waals surface area contributed by atoms with Crippen molar-refractivity contribution < 1.29 is 29.0 Å². The standard InChI is InChI=1S/C32H49N5O6/c1-6-28-29(14-13-26(36-41-5)12-11-22(2)18-23(3)30(38)24(4)31(39)42-28)43-32(40)34-16-7-8-17-37-20-27(35-21-37)25-10-9-15-33-19-25/h9-10,15,19-24,28-30,38H,6-8,11-14,16-18H2,1-5H3,(H,34,40)/b36-26+. The first-order valence-electron chi connectivity index (χ1n) is 15.6. The predicted octanol–water partition coefficient (Wildman–Crippen LogP) is 5.38. The number of alkyl carbamates (subject to hydrolysis) is 1. The molecule has 1 amide bonds. The molecule has 0 aromatic carbocycles. The zero-order valence-electron chi connectivity index (χ0n) is 26.3. The summed E-state index contributed by atoms with van der Waals surface area (Å²) < 4.78 is 13.7. The molecule has 1 aliphatic heterocycles. The van der Waals surface area contributed by atoms with Crippen LogP contribution in [0.2, 0.25) is 0 Å². The van der Waals surface area contributed by atoms with Gasteiger partial charge < -0.3 is 29.3 Å². The summed E-state index contributed by atoms with van der Waals surface area (Å²) in [6.45, 7) is 8.90. The zero-order chi connectivity index (χ0) is 31.2. The fourth-order valence-corrected chi connectivity index (χ4v) is 5.53. The van der Waals surface area contributed by atoms with Gasteiger partial charge in [0.25, 0.3) is 0 Å². The summed E-state index contributed by atoms with van der Waals surface area (Å²) in [7, 11) is 1.52. The Morgan fingerprint density at radius 2 is 2.02 bits per heavy atom. The van der Waals surface area contributed by atoms with Gasteiger partial charge in [-0.25, -0.2) is 9.78 Å². The van der Waals surface area contributed by atoms with E-state index in [2.05, 4.69) is 27.4 Å². The van der Waals surface area contributed by atoms with Crippen molar-refractivity contribution in [3.63, 3.8) is 0 Å². The van der Waals surface area contributed by atoms with Crippen LogP contribution in [0.15, 0.2) is 42.2 Å². The quantitative estimate of drug-likeness (QED) is 0.223. The van der Waals surface area contributed by atoms with Crippen molar-refractivity contribution in [1.29, 1.82) is 0 Å². The van der Waals surface area contributed by atoms with Crippen LogP contribution in [0.25, 0.3) is 11.3 Å². The number of aliphatic hydroxyl groups excluding tert-OH is 1. The average molecular weight is 600 g/mol. The predicted molar refractivity (Wildman–Crippen MR) is 164 cm³/mol. The SMILES string of the molecule is CCC1OC(=O)C(C)C(O)C(C)CC(C)CC/C(=N\OC)CCC1OC(=O)NCCCCn1cnc(-c2cccnc2)c1. The van der Waals surface area contributed by atoms with Crippen molar-refractivity contribution in [3.8, 4) is 11.3 Å². The van der Waals surface area contributed by atoms with Crippen LogP contribution in [-0.2, 0) is 25.7 Å². The Morgan fingerprint density at radius 1 is 1.23 bits per heavy atom. The molecular weight excluding hydrogens is 550 g/mol. The van der Waals surface area contributed by atoms with Gasteiger partial charge in [-0.1, -0.05) is 25.9 Å². The van der Waals surface area contributed by atoms with Crippen LogP contribution in [0.3, 0.4) is 0 Å². The second-order valence-corrected chi connectivity index (χ2v) is 11.7. The number of imidazole rings is 1. The summed E-state index contributed by atoms with van der Waals surface area (Å²) in [5, 5.41) is 17.9. The molecule has 3 rings (SSSR count). The van der Waals surface area contributed by atoms with Crippen LogP contribution < -0.4 is 5.32 Å². The molecule has 2 aromatic rings. The third kappa shape index (κ3) is 10.9. The number of amides is 1. The molecule has 1 aliphatic rings. The first kappa shape index (κ1) is 34.0. The Morgan fingerprint density at radius 3 is 2.74 bits per heavy atom. The Hall–Kier alpha value is -3.47. The van der Waals surface area contributed by atoms with Crippen LogP contribution in [0.5, 0.6) is 0 Å². The van der Waals surface area contributed by atoms with E-state index in [-0.39, 0.29) is 5.92 Å². The molecule has 1 fully saturated rings. The van der Waals surface area contributed by atoms with Gasteiger partial charge in [0.05, 0.1) is 29.8 Å². The minimum absolute atomic E-state index is 0.0711. The lowest BCUT2D eigenvalue weighted by molar-refractivity contribution is -0.165. The Bertz CT molecular complexity index is 1160. The number of hydrogen-bond donors (Lipinski definition) is 2. The van der Waals surface area contributed by atoms with Crippen LogP contribution in [0.1, 0.15) is 79.1 Å². The van der Waals surface area contributed by atoms with Gasteiger partial charge in [0.2, 0.25) is 0 Å². The lowest BCUT2D eigenvalue weighted by Crippen LogP contribution is -2.41. The van der Waals surface area contributed by atoms with E-state index >= 15 is 0 Å². The number of unbranched alkanes of at least 4 members (excludes halogenated alkanes) is 1. The number of aliphatic hydroxyl groups is 1. The molecule has 6 atom stereocenters. The third-order valence-corrected chi connectivity index (χ3v) is 8.15. The number of cyclic esters (lactones) is 1. The van der Waals surface area contributed by atoms with Crippen molar-refractivity contribution >= 4 is 17.8 Å². The molecular formula is C32H49N5O6. The van der Waals surface area contributed by atoms with Crippen LogP contribution >= 0.6 is 0 Å². The highest BCUT2D eigenvalue weighted by Gasteiger charge is 2.34. The Kier molecular flexibility index (Phi) is 13.9. The summed E-state index contributed by atoms with van der Waals surface area (Å²) in [6.07, 6.45) is 10.1. The fourth-order valence-electron chi connectivity index (χ4n) is 5.53. The van der Waals surface area contributed by atoms with E-state index in [0.29, 0.717) is 31.7 Å². The maximum atomic E-state index is 13.0. The second kappa shape index (κ2) is 17.6. The van der Waals surface area contributed by atoms with Crippen molar-refractivity contribution in [2.75, 3.05) is 13.7 Å². The molecule has 0 radical (unpaired) electrons. The second-order valence-electron chi connectivity index (χ2n) is 11.7. The first-order valence-corrected chi connectivity index (χ1v) is 15.6. The van der Waals surface area contributed by atoms with Gasteiger partial charge in [-0.2, -0.15) is 0 Å². The Labute approximate surface area is 255 Å². The van der Waals surface area contributed by atoms with Crippen molar-refractivity contribution in [1.82, 2.24) is 19.9 Å². The van der Waals surface area contributed by atoms with E-state index in [0.717, 1.165) is 55.6 Å². The summed E-state index contributed by atoms with van der Waals surface area (Å²) >= 11 is 0. The van der Waals surface area contributed by atoms with Gasteiger partial charge >= 0.3 is 12.1 Å². The summed E-state index contributed by atoms with van der Waals surface area (Å²) in [5.41, 5.74) is 2.71. The van der Waals surface area contributed by atoms with Crippen LogP contribution in [0.4, 0.5) is 4.79 Å². The molecule has 1 saturated heterocycles. The van der Waals surface area contributed by atoms with E-state index in [1.165, 1.54) is 7.11 Å². The lowest BCUT2D eigenvalue weighted by Gasteiger charge is -2.31. The molecule has 11 heteroatoms. The third-order valence-electron chi connectivity index (χ3n) is 8.15. The topological polar surface area (TPSA) is 137 Å². The molecule has 43 heavy (non-hydrogen) atoms. The molecule has 11 nitrogen and oxygen atoms in total. The number of ether oxygens (including phenoxy) is 2. The molecule has 2 aromatic heterocycles. The molecule has 238 valence electrons. The monoisotopic (exact) mass is 599 g/mol. The van der Waals surface area contributed by atoms with Gasteiger partial charge in [0.1, 0.15) is 19.3 Å². The summed E-state index contributed by atoms with van der Waals surface area (Å²) in [6, 6.07) is 3.86. The van der Waals surface area contributed by atoms with E-state index in [1.807, 2.05) is 36.7 Å². The number of nitrogens with one attached hydrogen (secondary N) is 1. The molecule has 2 N–H and O–H groups in total. The van der Waals surface area contributed by atoms with Crippen LogP contribution in [-0.4, -0.2) is 69.4 Å². The van der Waals surface area contributed by atoms with E-state index in [1.54, 1.807) is 25.6 Å². The number of aryl methyl sites for hydroxylation is 1. The van der Waals surface area contributed by atoms with Crippen molar-refractivity contribution in [2.45, 2.75) is 104 Å². The highest BCUT2D eigenvalue weighted by atomic mass is 16.6. The molecule has 0 spiro atoms. The Balaban J connectivity index is 1.57. The first-order chi connectivity index (χ1) is 20.7. The molecule has 0 saturated carbocycles. The summed E-state index contributed by atoms with van der Waals surface area (Å²) in [4.78, 5) is 39.6. The van der Waals surface area contributed by atoms with E-state index in [9.17, 15) is 14.7 Å². The average Bonchev–Trinajstić information content (AvgIpc) is 3.48. The van der Waals surface area contributed by atoms with Crippen molar-refractivity contribution in [3.05, 3.63) is 37.1 Å². The van der Waals surface area contributed by atoms with Gasteiger partial charge in [-0.15, -0.1) is 0 Å². The molecule has 6 unspecified atom stereocenters. The van der Waals surface area contributed by atoms with E-state index in [4.69, 9.17) is 14.3 Å². The number of rotatable bonds is 9. The van der Waals surface area contributed by atoms with E-state index < -0.39 is 36.3 Å². The number of pyridine rings is 1. The highest BCUT2D eigenvalue weighted by Crippen LogP contribution is 2.27. The smallest absolute Gasteiger partial charge is 0.407 e. The fraction of sp³-hybridized carbons (Fsp3) is 0.656. The van der Waals surface area contributed by atoms with Gasteiger partial charge in [-0.05, 0) is 82.3 Å².